The molecule has 0 radical (unpaired) electrons. The van der Waals surface area contributed by atoms with Gasteiger partial charge in [-0.1, -0.05) is 50.7 Å². The van der Waals surface area contributed by atoms with Gasteiger partial charge in [0.2, 0.25) is 5.91 Å². The van der Waals surface area contributed by atoms with E-state index in [0.29, 0.717) is 12.3 Å². The molecule has 1 N–H and O–H groups in total. The van der Waals surface area contributed by atoms with Gasteiger partial charge in [-0.2, -0.15) is 0 Å². The lowest BCUT2D eigenvalue weighted by Crippen LogP contribution is -2.20. The fourth-order valence-corrected chi connectivity index (χ4v) is 3.75. The number of carbonyl (C=O) groups excluding carboxylic acids is 1. The van der Waals surface area contributed by atoms with E-state index in [1.165, 1.54) is 38.5 Å². The SMILES string of the molecule is CN1C(=O)Cc2cc(C(O)CC3CCCCCC3)ccc21. The third kappa shape index (κ3) is 3.13. The van der Waals surface area contributed by atoms with E-state index in [0.717, 1.165) is 23.2 Å². The van der Waals surface area contributed by atoms with Crippen molar-refractivity contribution in [2.24, 2.45) is 5.92 Å². The van der Waals surface area contributed by atoms with Crippen molar-refractivity contribution in [1.82, 2.24) is 0 Å². The Bertz CT molecular complexity index is 518. The molecule has 0 bridgehead atoms. The summed E-state index contributed by atoms with van der Waals surface area (Å²) in [4.78, 5) is 13.4. The van der Waals surface area contributed by atoms with Crippen molar-refractivity contribution >= 4 is 11.6 Å². The lowest BCUT2D eigenvalue weighted by Gasteiger charge is -2.19. The van der Waals surface area contributed by atoms with Gasteiger partial charge in [-0.05, 0) is 29.5 Å². The van der Waals surface area contributed by atoms with E-state index in [1.54, 1.807) is 4.90 Å². The van der Waals surface area contributed by atoms with E-state index in [1.807, 2.05) is 25.2 Å². The van der Waals surface area contributed by atoms with Crippen LogP contribution in [0, 0.1) is 5.92 Å². The third-order valence-electron chi connectivity index (χ3n) is 5.10. The van der Waals surface area contributed by atoms with E-state index in [4.69, 9.17) is 0 Å². The number of anilines is 1. The number of fused-ring (bicyclic) bond motifs is 1. The summed E-state index contributed by atoms with van der Waals surface area (Å²) in [5.74, 6) is 0.792. The van der Waals surface area contributed by atoms with Crippen LogP contribution in [0.1, 0.15) is 62.2 Å². The first-order valence-corrected chi connectivity index (χ1v) is 8.22. The number of nitrogens with zero attached hydrogens (tertiary/aromatic N) is 1. The van der Waals surface area contributed by atoms with Gasteiger partial charge in [0.25, 0.3) is 0 Å². The fraction of sp³-hybridized carbons (Fsp3) is 0.611. The summed E-state index contributed by atoms with van der Waals surface area (Å²) in [6.07, 6.45) is 8.76. The minimum Gasteiger partial charge on any atom is -0.388 e. The van der Waals surface area contributed by atoms with Crippen molar-refractivity contribution in [2.75, 3.05) is 11.9 Å². The van der Waals surface area contributed by atoms with Gasteiger partial charge in [0.05, 0.1) is 12.5 Å². The van der Waals surface area contributed by atoms with Gasteiger partial charge in [0, 0.05) is 12.7 Å². The zero-order valence-electron chi connectivity index (χ0n) is 12.8. The maximum Gasteiger partial charge on any atom is 0.231 e. The summed E-state index contributed by atoms with van der Waals surface area (Å²) in [7, 11) is 1.82. The molecule has 1 unspecified atom stereocenters. The van der Waals surface area contributed by atoms with E-state index in [-0.39, 0.29) is 12.0 Å². The number of aliphatic hydroxyl groups excluding tert-OH is 1. The molecule has 1 aliphatic carbocycles. The molecule has 0 spiro atoms. The van der Waals surface area contributed by atoms with Crippen molar-refractivity contribution in [1.29, 1.82) is 0 Å². The van der Waals surface area contributed by atoms with E-state index in [9.17, 15) is 9.90 Å². The monoisotopic (exact) mass is 287 g/mol. The zero-order valence-corrected chi connectivity index (χ0v) is 12.8. The number of likely N-dealkylation sites (N-methyl/N-ethyl adjacent to an activating group) is 1. The number of hydrogen-bond acceptors (Lipinski definition) is 2. The summed E-state index contributed by atoms with van der Waals surface area (Å²) < 4.78 is 0. The molecule has 3 nitrogen and oxygen atoms in total. The molecule has 1 fully saturated rings. The average Bonchev–Trinajstić information content (AvgIpc) is 2.67. The second-order valence-electron chi connectivity index (χ2n) is 6.63. The Hall–Kier alpha value is -1.35. The normalized spacial score (nSPS) is 21.2. The number of aliphatic hydroxyl groups is 1. The number of benzene rings is 1. The molecular weight excluding hydrogens is 262 g/mol. The Morgan fingerprint density at radius 1 is 1.24 bits per heavy atom. The predicted molar refractivity (Wildman–Crippen MR) is 84.3 cm³/mol. The minimum atomic E-state index is -0.389. The molecule has 1 aromatic carbocycles. The highest BCUT2D eigenvalue weighted by atomic mass is 16.3. The highest BCUT2D eigenvalue weighted by molar-refractivity contribution is 6.00. The fourth-order valence-electron chi connectivity index (χ4n) is 3.75. The van der Waals surface area contributed by atoms with Gasteiger partial charge in [-0.3, -0.25) is 4.79 Å². The first-order chi connectivity index (χ1) is 10.1. The summed E-state index contributed by atoms with van der Waals surface area (Å²) in [6.45, 7) is 0. The van der Waals surface area contributed by atoms with E-state index < -0.39 is 0 Å². The second kappa shape index (κ2) is 6.18. The van der Waals surface area contributed by atoms with Crippen LogP contribution in [0.25, 0.3) is 0 Å². The first-order valence-electron chi connectivity index (χ1n) is 8.22. The van der Waals surface area contributed by atoms with E-state index >= 15 is 0 Å². The summed E-state index contributed by atoms with van der Waals surface area (Å²) in [5, 5.41) is 10.5. The summed E-state index contributed by atoms with van der Waals surface area (Å²) >= 11 is 0. The molecule has 1 aliphatic heterocycles. The molecular formula is C18H25NO2. The van der Waals surface area contributed by atoms with Crippen molar-refractivity contribution in [3.63, 3.8) is 0 Å². The molecule has 1 saturated carbocycles. The standard InChI is InChI=1S/C18H25NO2/c1-19-16-9-8-14(11-15(16)12-18(19)21)17(20)10-13-6-4-2-3-5-7-13/h8-9,11,13,17,20H,2-7,10,12H2,1H3. The maximum absolute atomic E-state index is 11.7. The van der Waals surface area contributed by atoms with Gasteiger partial charge in [-0.15, -0.1) is 0 Å². The van der Waals surface area contributed by atoms with Crippen LogP contribution in [-0.4, -0.2) is 18.1 Å². The van der Waals surface area contributed by atoms with Crippen molar-refractivity contribution < 1.29 is 9.90 Å². The van der Waals surface area contributed by atoms with Crippen LogP contribution in [0.2, 0.25) is 0 Å². The van der Waals surface area contributed by atoms with Gasteiger partial charge >= 0.3 is 0 Å². The Labute approximate surface area is 127 Å². The number of amides is 1. The minimum absolute atomic E-state index is 0.139. The molecule has 1 amide bonds. The van der Waals surface area contributed by atoms with Gasteiger partial charge < -0.3 is 10.0 Å². The molecule has 21 heavy (non-hydrogen) atoms. The van der Waals surface area contributed by atoms with Crippen molar-refractivity contribution in [3.8, 4) is 0 Å². The summed E-state index contributed by atoms with van der Waals surface area (Å²) in [6, 6.07) is 5.99. The highest BCUT2D eigenvalue weighted by Gasteiger charge is 2.25. The predicted octanol–water partition coefficient (Wildman–Crippen LogP) is 3.60. The van der Waals surface area contributed by atoms with Crippen molar-refractivity contribution in [3.05, 3.63) is 29.3 Å². The topological polar surface area (TPSA) is 40.5 Å². The molecule has 3 rings (SSSR count). The van der Waals surface area contributed by atoms with Crippen LogP contribution in [0.5, 0.6) is 0 Å². The Morgan fingerprint density at radius 3 is 2.67 bits per heavy atom. The molecule has 114 valence electrons. The number of rotatable bonds is 3. The van der Waals surface area contributed by atoms with Crippen LogP contribution in [0.4, 0.5) is 5.69 Å². The van der Waals surface area contributed by atoms with Gasteiger partial charge in [-0.25, -0.2) is 0 Å². The molecule has 0 saturated heterocycles. The molecule has 0 aromatic heterocycles. The number of hydrogen-bond donors (Lipinski definition) is 1. The molecule has 2 aliphatic rings. The van der Waals surface area contributed by atoms with E-state index in [2.05, 4.69) is 0 Å². The smallest absolute Gasteiger partial charge is 0.231 e. The highest BCUT2D eigenvalue weighted by Crippen LogP contribution is 2.34. The van der Waals surface area contributed by atoms with Crippen LogP contribution >= 0.6 is 0 Å². The van der Waals surface area contributed by atoms with Crippen LogP contribution in [-0.2, 0) is 11.2 Å². The Morgan fingerprint density at radius 2 is 1.95 bits per heavy atom. The number of carbonyl (C=O) groups is 1. The summed E-state index contributed by atoms with van der Waals surface area (Å²) in [5.41, 5.74) is 3.02. The largest absolute Gasteiger partial charge is 0.388 e. The molecule has 3 heteroatoms. The quantitative estimate of drug-likeness (QED) is 0.863. The second-order valence-corrected chi connectivity index (χ2v) is 6.63. The Balaban J connectivity index is 1.69. The van der Waals surface area contributed by atoms with Crippen LogP contribution < -0.4 is 4.90 Å². The maximum atomic E-state index is 11.7. The zero-order chi connectivity index (χ0) is 14.8. The van der Waals surface area contributed by atoms with Crippen molar-refractivity contribution in [2.45, 2.75) is 57.5 Å². The molecule has 1 heterocycles. The van der Waals surface area contributed by atoms with Gasteiger partial charge in [0.1, 0.15) is 0 Å². The first kappa shape index (κ1) is 14.6. The molecule has 1 atom stereocenters. The lowest BCUT2D eigenvalue weighted by molar-refractivity contribution is -0.117. The lowest BCUT2D eigenvalue weighted by atomic mass is 9.90. The molecule has 1 aromatic rings. The average molecular weight is 287 g/mol. The van der Waals surface area contributed by atoms with Gasteiger partial charge in [0.15, 0.2) is 0 Å². The Kier molecular flexibility index (Phi) is 4.29. The van der Waals surface area contributed by atoms with Crippen LogP contribution in [0.3, 0.4) is 0 Å². The third-order valence-corrected chi connectivity index (χ3v) is 5.10. The van der Waals surface area contributed by atoms with Crippen LogP contribution in [0.15, 0.2) is 18.2 Å².